The Labute approximate surface area is 125 Å². The Bertz CT molecular complexity index is 803. The second-order valence-electron chi connectivity index (χ2n) is 5.79. The zero-order chi connectivity index (χ0) is 14.4. The van der Waals surface area contributed by atoms with E-state index < -0.39 is 0 Å². The topological polar surface area (TPSA) is 67.5 Å². The van der Waals surface area contributed by atoms with Crippen molar-refractivity contribution in [3.63, 3.8) is 0 Å². The van der Waals surface area contributed by atoms with Gasteiger partial charge >= 0.3 is 0 Å². The van der Waals surface area contributed by atoms with Crippen LogP contribution >= 0.6 is 11.3 Å². The van der Waals surface area contributed by atoms with Gasteiger partial charge in [-0.1, -0.05) is 11.6 Å². The van der Waals surface area contributed by atoms with E-state index in [1.54, 1.807) is 0 Å². The van der Waals surface area contributed by atoms with Gasteiger partial charge < -0.3 is 5.21 Å². The summed E-state index contributed by atoms with van der Waals surface area (Å²) in [6.07, 6.45) is 6.79. The lowest BCUT2D eigenvalue weighted by Crippen LogP contribution is -2.25. The molecule has 110 valence electrons. The van der Waals surface area contributed by atoms with Crippen LogP contribution in [0.2, 0.25) is 0 Å². The van der Waals surface area contributed by atoms with Crippen molar-refractivity contribution in [3.8, 4) is 0 Å². The van der Waals surface area contributed by atoms with Crippen LogP contribution in [-0.4, -0.2) is 20.5 Å². The standard InChI is InChI=1S/C15H17N3O2S/c19-15-12-9-5-4-6-10(17-20)13(9)21-14(12)16-11-7-2-1-3-8-18(11)15/h20H,1-8H2/b17-10-. The van der Waals surface area contributed by atoms with Crippen molar-refractivity contribution in [2.75, 3.05) is 0 Å². The highest BCUT2D eigenvalue weighted by Crippen LogP contribution is 2.34. The van der Waals surface area contributed by atoms with Crippen LogP contribution in [0.15, 0.2) is 9.95 Å². The second kappa shape index (κ2) is 4.94. The second-order valence-corrected chi connectivity index (χ2v) is 6.78. The Morgan fingerprint density at radius 2 is 2.05 bits per heavy atom. The number of fused-ring (bicyclic) bond motifs is 4. The van der Waals surface area contributed by atoms with E-state index in [4.69, 9.17) is 4.98 Å². The van der Waals surface area contributed by atoms with Crippen molar-refractivity contribution < 1.29 is 5.21 Å². The predicted molar refractivity (Wildman–Crippen MR) is 82.7 cm³/mol. The van der Waals surface area contributed by atoms with E-state index >= 15 is 0 Å². The summed E-state index contributed by atoms with van der Waals surface area (Å²) in [7, 11) is 0. The molecule has 1 aliphatic carbocycles. The first-order valence-electron chi connectivity index (χ1n) is 7.56. The maximum atomic E-state index is 12.9. The van der Waals surface area contributed by atoms with E-state index in [1.165, 1.54) is 11.3 Å². The molecule has 0 unspecified atom stereocenters. The molecule has 0 amide bonds. The van der Waals surface area contributed by atoms with Gasteiger partial charge in [0.05, 0.1) is 16.0 Å². The van der Waals surface area contributed by atoms with E-state index in [0.29, 0.717) is 5.71 Å². The Kier molecular flexibility index (Phi) is 3.06. The van der Waals surface area contributed by atoms with Gasteiger partial charge in [-0.05, 0) is 37.7 Å². The largest absolute Gasteiger partial charge is 0.411 e. The van der Waals surface area contributed by atoms with Crippen LogP contribution in [0.4, 0.5) is 0 Å². The van der Waals surface area contributed by atoms with E-state index in [-0.39, 0.29) is 5.56 Å². The average molecular weight is 303 g/mol. The molecule has 0 saturated carbocycles. The number of aromatic nitrogens is 2. The van der Waals surface area contributed by atoms with Gasteiger partial charge in [0.2, 0.25) is 0 Å². The highest BCUT2D eigenvalue weighted by Gasteiger charge is 2.26. The summed E-state index contributed by atoms with van der Waals surface area (Å²) in [6, 6.07) is 0. The molecular weight excluding hydrogens is 286 g/mol. The number of thiophene rings is 1. The number of hydrogen-bond donors (Lipinski definition) is 1. The fraction of sp³-hybridized carbons (Fsp3) is 0.533. The minimum absolute atomic E-state index is 0.105. The van der Waals surface area contributed by atoms with Crippen molar-refractivity contribution in [2.24, 2.45) is 5.16 Å². The summed E-state index contributed by atoms with van der Waals surface area (Å²) in [5, 5.41) is 13.4. The third-order valence-electron chi connectivity index (χ3n) is 4.49. The fourth-order valence-corrected chi connectivity index (χ4v) is 4.69. The molecule has 6 heteroatoms. The highest BCUT2D eigenvalue weighted by molar-refractivity contribution is 7.20. The lowest BCUT2D eigenvalue weighted by atomic mass is 9.95. The maximum Gasteiger partial charge on any atom is 0.262 e. The van der Waals surface area contributed by atoms with Gasteiger partial charge in [0.1, 0.15) is 10.7 Å². The molecule has 0 radical (unpaired) electrons. The van der Waals surface area contributed by atoms with Gasteiger partial charge in [-0.15, -0.1) is 11.3 Å². The molecule has 1 N–H and O–H groups in total. The zero-order valence-electron chi connectivity index (χ0n) is 11.8. The molecule has 1 aliphatic heterocycles. The van der Waals surface area contributed by atoms with E-state index in [2.05, 4.69) is 5.16 Å². The molecule has 2 aromatic rings. The molecule has 2 aromatic heterocycles. The van der Waals surface area contributed by atoms with Gasteiger partial charge in [0.15, 0.2) is 0 Å². The predicted octanol–water partition coefficient (Wildman–Crippen LogP) is 2.70. The van der Waals surface area contributed by atoms with E-state index in [1.807, 2.05) is 4.57 Å². The Morgan fingerprint density at radius 1 is 1.14 bits per heavy atom. The molecule has 0 aromatic carbocycles. The number of nitrogens with zero attached hydrogens (tertiary/aromatic N) is 3. The summed E-state index contributed by atoms with van der Waals surface area (Å²) >= 11 is 1.51. The Balaban J connectivity index is 2.03. The molecule has 4 rings (SSSR count). The van der Waals surface area contributed by atoms with E-state index in [0.717, 1.165) is 78.0 Å². The number of rotatable bonds is 0. The summed E-state index contributed by atoms with van der Waals surface area (Å²) in [5.74, 6) is 0.922. The average Bonchev–Trinajstić information content (AvgIpc) is 2.70. The monoisotopic (exact) mass is 303 g/mol. The first-order valence-corrected chi connectivity index (χ1v) is 8.37. The molecular formula is C15H17N3O2S. The van der Waals surface area contributed by atoms with Crippen molar-refractivity contribution in [2.45, 2.75) is 51.5 Å². The van der Waals surface area contributed by atoms with Crippen LogP contribution in [0.5, 0.6) is 0 Å². The minimum atomic E-state index is 0.105. The fourth-order valence-electron chi connectivity index (χ4n) is 3.45. The highest BCUT2D eigenvalue weighted by atomic mass is 32.1. The minimum Gasteiger partial charge on any atom is -0.411 e. The summed E-state index contributed by atoms with van der Waals surface area (Å²) < 4.78 is 1.87. The van der Waals surface area contributed by atoms with Crippen molar-refractivity contribution in [1.29, 1.82) is 0 Å². The third-order valence-corrected chi connectivity index (χ3v) is 5.67. The summed E-state index contributed by atoms with van der Waals surface area (Å²) in [4.78, 5) is 19.4. The lowest BCUT2D eigenvalue weighted by Gasteiger charge is -2.12. The quantitative estimate of drug-likeness (QED) is 0.601. The zero-order valence-corrected chi connectivity index (χ0v) is 12.6. The maximum absolute atomic E-state index is 12.9. The Hall–Kier alpha value is -1.69. The van der Waals surface area contributed by atoms with Crippen molar-refractivity contribution in [3.05, 3.63) is 26.6 Å². The van der Waals surface area contributed by atoms with Crippen LogP contribution in [0, 0.1) is 0 Å². The molecule has 2 aliphatic rings. The van der Waals surface area contributed by atoms with Crippen LogP contribution in [-0.2, 0) is 19.4 Å². The first-order chi connectivity index (χ1) is 10.3. The molecule has 3 heterocycles. The van der Waals surface area contributed by atoms with Gasteiger partial charge in [-0.2, -0.15) is 0 Å². The molecule has 5 nitrogen and oxygen atoms in total. The van der Waals surface area contributed by atoms with Crippen LogP contribution in [0.3, 0.4) is 0 Å². The molecule has 0 bridgehead atoms. The Morgan fingerprint density at radius 3 is 2.90 bits per heavy atom. The molecule has 0 saturated heterocycles. The smallest absolute Gasteiger partial charge is 0.262 e. The van der Waals surface area contributed by atoms with Gasteiger partial charge in [-0.25, -0.2) is 4.98 Å². The molecule has 0 atom stereocenters. The van der Waals surface area contributed by atoms with Crippen LogP contribution in [0.1, 0.15) is 48.4 Å². The normalized spacial score (nSPS) is 20.3. The first kappa shape index (κ1) is 13.0. The van der Waals surface area contributed by atoms with Crippen molar-refractivity contribution >= 4 is 27.3 Å². The van der Waals surface area contributed by atoms with Crippen molar-refractivity contribution in [1.82, 2.24) is 9.55 Å². The molecule has 0 spiro atoms. The summed E-state index contributed by atoms with van der Waals surface area (Å²) in [6.45, 7) is 0.780. The number of aryl methyl sites for hydroxylation is 2. The third kappa shape index (κ3) is 1.92. The van der Waals surface area contributed by atoms with Gasteiger partial charge in [0.25, 0.3) is 5.56 Å². The lowest BCUT2D eigenvalue weighted by molar-refractivity contribution is 0.317. The van der Waals surface area contributed by atoms with E-state index in [9.17, 15) is 10.0 Å². The van der Waals surface area contributed by atoms with Gasteiger partial charge in [-0.3, -0.25) is 9.36 Å². The van der Waals surface area contributed by atoms with Crippen LogP contribution in [0.25, 0.3) is 10.2 Å². The molecule has 21 heavy (non-hydrogen) atoms. The van der Waals surface area contributed by atoms with Gasteiger partial charge in [0, 0.05) is 13.0 Å². The number of hydrogen-bond acceptors (Lipinski definition) is 5. The van der Waals surface area contributed by atoms with Crippen LogP contribution < -0.4 is 5.56 Å². The SMILES string of the molecule is O=c1c2c3c(sc2nc2n1CCCCC2)/C(=N\O)CCC3. The number of oxime groups is 1. The summed E-state index contributed by atoms with van der Waals surface area (Å²) in [5.41, 5.74) is 1.86. The molecule has 0 fully saturated rings.